The first-order valence-corrected chi connectivity index (χ1v) is 12.3. The molecule has 2 aliphatic heterocycles. The van der Waals surface area contributed by atoms with Crippen molar-refractivity contribution in [3.63, 3.8) is 0 Å². The van der Waals surface area contributed by atoms with Crippen LogP contribution in [-0.2, 0) is 21.2 Å². The molecule has 2 aromatic rings. The predicted octanol–water partition coefficient (Wildman–Crippen LogP) is 3.44. The van der Waals surface area contributed by atoms with Crippen molar-refractivity contribution in [1.82, 2.24) is 9.62 Å². The Labute approximate surface area is 181 Å². The molecule has 3 fully saturated rings. The molecule has 1 aliphatic carbocycles. The molecular weight excluding hydrogens is 422 g/mol. The summed E-state index contributed by atoms with van der Waals surface area (Å²) in [6.07, 6.45) is 1.39. The number of hydrogen-bond donors (Lipinski definition) is 1. The highest BCUT2D eigenvalue weighted by Gasteiger charge is 2.63. The lowest BCUT2D eigenvalue weighted by Crippen LogP contribution is -2.77. The molecule has 2 atom stereocenters. The number of nitrogens with one attached hydrogen (secondary N) is 1. The minimum Gasteiger partial charge on any atom is -0.334 e. The van der Waals surface area contributed by atoms with Gasteiger partial charge in [0.25, 0.3) is 0 Å². The summed E-state index contributed by atoms with van der Waals surface area (Å²) in [7, 11) is -3.73. The van der Waals surface area contributed by atoms with Crippen molar-refractivity contribution in [1.29, 1.82) is 0 Å². The van der Waals surface area contributed by atoms with Crippen LogP contribution >= 0.6 is 0 Å². The summed E-state index contributed by atoms with van der Waals surface area (Å²) in [5.41, 5.74) is -0.292. The molecule has 1 N–H and O–H groups in total. The summed E-state index contributed by atoms with van der Waals surface area (Å²) in [5.74, 6) is -0.625. The molecule has 5 nitrogen and oxygen atoms in total. The van der Waals surface area contributed by atoms with Gasteiger partial charge in [-0.2, -0.15) is 0 Å². The van der Waals surface area contributed by atoms with Gasteiger partial charge in [-0.15, -0.1) is 0 Å². The van der Waals surface area contributed by atoms with E-state index < -0.39 is 33.6 Å². The molecule has 1 amide bonds. The Hall–Kier alpha value is -2.32. The molecule has 0 radical (unpaired) electrons. The average Bonchev–Trinajstić information content (AvgIpc) is 2.70. The van der Waals surface area contributed by atoms with Crippen molar-refractivity contribution < 1.29 is 22.0 Å². The molecule has 2 aromatic carbocycles. The summed E-state index contributed by atoms with van der Waals surface area (Å²) < 4.78 is 57.4. The number of rotatable bonds is 6. The Bertz CT molecular complexity index is 1090. The van der Waals surface area contributed by atoms with E-state index in [1.807, 2.05) is 18.2 Å². The normalized spacial score (nSPS) is 27.6. The SMILES string of the molecule is CCC(=O)N1C2CC(F)(C2)[C@H](NS(C)(=O)=O)[C@@H]1Cc1cccc(-c2ccccc2)c1F. The van der Waals surface area contributed by atoms with E-state index in [4.69, 9.17) is 0 Å². The van der Waals surface area contributed by atoms with Crippen molar-refractivity contribution >= 4 is 15.9 Å². The molecule has 2 heterocycles. The summed E-state index contributed by atoms with van der Waals surface area (Å²) in [6.45, 7) is 1.71. The topological polar surface area (TPSA) is 66.5 Å². The highest BCUT2D eigenvalue weighted by Crippen LogP contribution is 2.50. The maximum absolute atomic E-state index is 15.5. The van der Waals surface area contributed by atoms with Gasteiger partial charge in [0.05, 0.1) is 18.3 Å². The molecular formula is C23H26F2N2O3S. The quantitative estimate of drug-likeness (QED) is 0.736. The maximum Gasteiger partial charge on any atom is 0.222 e. The van der Waals surface area contributed by atoms with Crippen molar-refractivity contribution in [2.24, 2.45) is 0 Å². The van der Waals surface area contributed by atoms with Crippen LogP contribution in [0.3, 0.4) is 0 Å². The smallest absolute Gasteiger partial charge is 0.222 e. The van der Waals surface area contributed by atoms with Gasteiger partial charge in [0.15, 0.2) is 0 Å². The molecule has 5 rings (SSSR count). The zero-order valence-corrected chi connectivity index (χ0v) is 18.3. The van der Waals surface area contributed by atoms with E-state index in [1.54, 1.807) is 42.2 Å². The lowest BCUT2D eigenvalue weighted by atomic mass is 9.64. The number of amides is 1. The van der Waals surface area contributed by atoms with Gasteiger partial charge >= 0.3 is 0 Å². The maximum atomic E-state index is 15.5. The van der Waals surface area contributed by atoms with Crippen molar-refractivity contribution in [3.8, 4) is 11.1 Å². The van der Waals surface area contributed by atoms with Gasteiger partial charge in [-0.3, -0.25) is 4.79 Å². The standard InChI is InChI=1S/C23H26F2N2O3S/c1-3-20(28)27-17-13-23(25,14-17)22(26-31(2,29)30)19(27)12-16-10-7-11-18(21(16)24)15-8-5-4-6-9-15/h4-11,17,19,22,26H,3,12-14H2,1-2H3/t17?,19-,22+,23?/m0/s1. The number of carbonyl (C=O) groups is 1. The van der Waals surface area contributed by atoms with Crippen LogP contribution in [-0.4, -0.2) is 49.3 Å². The summed E-state index contributed by atoms with van der Waals surface area (Å²) in [6, 6.07) is 11.9. The zero-order chi connectivity index (χ0) is 22.4. The molecule has 2 bridgehead atoms. The fourth-order valence-electron chi connectivity index (χ4n) is 4.96. The second-order valence-electron chi connectivity index (χ2n) is 8.54. The van der Waals surface area contributed by atoms with Crippen LogP contribution in [0.25, 0.3) is 11.1 Å². The van der Waals surface area contributed by atoms with Crippen LogP contribution in [0.5, 0.6) is 0 Å². The fraction of sp³-hybridized carbons (Fsp3) is 0.435. The average molecular weight is 449 g/mol. The van der Waals surface area contributed by atoms with Gasteiger partial charge in [-0.25, -0.2) is 21.9 Å². The largest absolute Gasteiger partial charge is 0.334 e. The van der Waals surface area contributed by atoms with E-state index in [0.29, 0.717) is 16.7 Å². The first-order chi connectivity index (χ1) is 14.6. The molecule has 166 valence electrons. The molecule has 8 heteroatoms. The molecule has 3 aliphatic rings. The van der Waals surface area contributed by atoms with E-state index in [2.05, 4.69) is 4.72 Å². The Balaban J connectivity index is 1.74. The lowest BCUT2D eigenvalue weighted by molar-refractivity contribution is -0.166. The number of halogens is 2. The van der Waals surface area contributed by atoms with Gasteiger partial charge < -0.3 is 4.90 Å². The number of benzene rings is 2. The predicted molar refractivity (Wildman–Crippen MR) is 115 cm³/mol. The summed E-state index contributed by atoms with van der Waals surface area (Å²) >= 11 is 0. The molecule has 0 aromatic heterocycles. The van der Waals surface area contributed by atoms with E-state index >= 15 is 8.78 Å². The summed E-state index contributed by atoms with van der Waals surface area (Å²) in [5, 5.41) is 0. The van der Waals surface area contributed by atoms with Gasteiger partial charge in [0.1, 0.15) is 11.5 Å². The second kappa shape index (κ2) is 7.98. The van der Waals surface area contributed by atoms with Crippen LogP contribution in [0.15, 0.2) is 48.5 Å². The molecule has 2 saturated heterocycles. The number of piperidine rings is 2. The molecule has 31 heavy (non-hydrogen) atoms. The number of nitrogens with zero attached hydrogens (tertiary/aromatic N) is 1. The number of hydrogen-bond acceptors (Lipinski definition) is 3. The van der Waals surface area contributed by atoms with Gasteiger partial charge in [0, 0.05) is 30.9 Å². The third kappa shape index (κ3) is 4.11. The van der Waals surface area contributed by atoms with Crippen LogP contribution in [0.2, 0.25) is 0 Å². The Kier molecular flexibility index (Phi) is 5.64. The minimum absolute atomic E-state index is 0.0214. The highest BCUT2D eigenvalue weighted by molar-refractivity contribution is 7.88. The van der Waals surface area contributed by atoms with E-state index in [9.17, 15) is 13.2 Å². The first-order valence-electron chi connectivity index (χ1n) is 10.4. The third-order valence-corrected chi connectivity index (χ3v) is 7.05. The van der Waals surface area contributed by atoms with Crippen LogP contribution in [0.4, 0.5) is 8.78 Å². The molecule has 0 unspecified atom stereocenters. The molecule has 1 saturated carbocycles. The van der Waals surface area contributed by atoms with Crippen molar-refractivity contribution in [3.05, 3.63) is 59.9 Å². The Morgan fingerprint density at radius 1 is 1.16 bits per heavy atom. The number of carbonyl (C=O) groups excluding carboxylic acids is 1. The fourth-order valence-corrected chi connectivity index (χ4v) is 5.79. The lowest BCUT2D eigenvalue weighted by Gasteiger charge is -2.61. The van der Waals surface area contributed by atoms with E-state index in [1.165, 1.54) is 0 Å². The third-order valence-electron chi connectivity index (χ3n) is 6.37. The van der Waals surface area contributed by atoms with Gasteiger partial charge in [-0.1, -0.05) is 55.5 Å². The first kappa shape index (κ1) is 21.9. The van der Waals surface area contributed by atoms with Gasteiger partial charge in [-0.05, 0) is 17.5 Å². The second-order valence-corrected chi connectivity index (χ2v) is 10.3. The monoisotopic (exact) mass is 448 g/mol. The van der Waals surface area contributed by atoms with Crippen LogP contribution < -0.4 is 4.72 Å². The van der Waals surface area contributed by atoms with Crippen molar-refractivity contribution in [2.45, 2.75) is 56.4 Å². The summed E-state index contributed by atoms with van der Waals surface area (Å²) in [4.78, 5) is 14.3. The number of sulfonamides is 1. The Morgan fingerprint density at radius 3 is 2.45 bits per heavy atom. The molecule has 0 spiro atoms. The zero-order valence-electron chi connectivity index (χ0n) is 17.5. The van der Waals surface area contributed by atoms with Crippen LogP contribution in [0, 0.1) is 5.82 Å². The van der Waals surface area contributed by atoms with Crippen molar-refractivity contribution in [2.75, 3.05) is 6.26 Å². The number of alkyl halides is 1. The van der Waals surface area contributed by atoms with Gasteiger partial charge in [0.2, 0.25) is 15.9 Å². The van der Waals surface area contributed by atoms with E-state index in [-0.39, 0.29) is 37.6 Å². The highest BCUT2D eigenvalue weighted by atomic mass is 32.2. The number of fused-ring (bicyclic) bond motifs is 2. The van der Waals surface area contributed by atoms with Crippen LogP contribution in [0.1, 0.15) is 31.7 Å². The minimum atomic E-state index is -3.73. The van der Waals surface area contributed by atoms with E-state index in [0.717, 1.165) is 6.26 Å². The Morgan fingerprint density at radius 2 is 1.84 bits per heavy atom.